The van der Waals surface area contributed by atoms with Gasteiger partial charge in [0.25, 0.3) is 0 Å². The number of carbonyl (C=O) groups excluding carboxylic acids is 1. The van der Waals surface area contributed by atoms with Crippen molar-refractivity contribution in [2.45, 2.75) is 46.8 Å². The highest BCUT2D eigenvalue weighted by molar-refractivity contribution is 6.00. The smallest absolute Gasteiger partial charge is 0.191 e. The summed E-state index contributed by atoms with van der Waals surface area (Å²) in [6.07, 6.45) is 4.01. The van der Waals surface area contributed by atoms with E-state index in [9.17, 15) is 13.6 Å². The summed E-state index contributed by atoms with van der Waals surface area (Å²) in [4.78, 5) is 15.0. The molecule has 8 nitrogen and oxygen atoms in total. The first-order chi connectivity index (χ1) is 16.2. The zero-order valence-corrected chi connectivity index (χ0v) is 20.5. The molecule has 0 saturated heterocycles. The van der Waals surface area contributed by atoms with Crippen molar-refractivity contribution in [1.82, 2.24) is 4.98 Å². The molecule has 3 rings (SSSR count). The molecule has 0 saturated carbocycles. The van der Waals surface area contributed by atoms with Crippen molar-refractivity contribution in [2.24, 2.45) is 5.73 Å². The van der Waals surface area contributed by atoms with Gasteiger partial charge in [-0.15, -0.1) is 0 Å². The summed E-state index contributed by atoms with van der Waals surface area (Å²) in [6.45, 7) is 9.22. The van der Waals surface area contributed by atoms with Gasteiger partial charge in [0.1, 0.15) is 22.9 Å². The molecule has 3 aromatic rings. The Morgan fingerprint density at radius 3 is 2.29 bits per heavy atom. The molecule has 10 heteroatoms. The molecule has 2 heterocycles. The van der Waals surface area contributed by atoms with Crippen molar-refractivity contribution in [3.8, 4) is 0 Å². The predicted molar refractivity (Wildman–Crippen MR) is 129 cm³/mol. The predicted octanol–water partition coefficient (Wildman–Crippen LogP) is 4.69. The fraction of sp³-hybridized carbons (Fsp3) is 0.417. The van der Waals surface area contributed by atoms with Crippen LogP contribution in [-0.2, 0) is 4.74 Å². The molecule has 0 spiro atoms. The third kappa shape index (κ3) is 9.92. The van der Waals surface area contributed by atoms with Gasteiger partial charge in [-0.05, 0) is 58.0 Å². The number of aldehydes is 1. The van der Waals surface area contributed by atoms with Crippen molar-refractivity contribution in [1.29, 1.82) is 0 Å². The molecule has 190 valence electrons. The van der Waals surface area contributed by atoms with Gasteiger partial charge in [-0.3, -0.25) is 9.78 Å². The number of pyridine rings is 1. The fourth-order valence-corrected chi connectivity index (χ4v) is 2.50. The van der Waals surface area contributed by atoms with Crippen molar-refractivity contribution in [3.63, 3.8) is 0 Å². The van der Waals surface area contributed by atoms with Crippen LogP contribution in [0.1, 0.15) is 50.2 Å². The van der Waals surface area contributed by atoms with Gasteiger partial charge in [0.2, 0.25) is 0 Å². The number of benzene rings is 1. The molecule has 0 radical (unpaired) electrons. The van der Waals surface area contributed by atoms with Gasteiger partial charge in [-0.1, -0.05) is 13.8 Å². The summed E-state index contributed by atoms with van der Waals surface area (Å²) in [5.41, 5.74) is 5.22. The highest BCUT2D eigenvalue weighted by atomic mass is 19.1. The zero-order chi connectivity index (χ0) is 26.3. The number of nitrogens with two attached hydrogens (primary N) is 1. The number of anilines is 2. The van der Waals surface area contributed by atoms with Crippen LogP contribution in [0.2, 0.25) is 0 Å². The molecular formula is C24H35F2N3O5. The lowest BCUT2D eigenvalue weighted by Gasteiger charge is -2.17. The summed E-state index contributed by atoms with van der Waals surface area (Å²) in [7, 11) is 1.50. The molecular weight excluding hydrogens is 448 g/mol. The van der Waals surface area contributed by atoms with E-state index in [0.29, 0.717) is 35.8 Å². The lowest BCUT2D eigenvalue weighted by atomic mass is 10.2. The summed E-state index contributed by atoms with van der Waals surface area (Å²) in [5, 5.41) is 20.3. The average molecular weight is 484 g/mol. The number of fused-ring (bicyclic) bond motifs is 1. The summed E-state index contributed by atoms with van der Waals surface area (Å²) >= 11 is 0. The molecule has 0 fully saturated rings. The maximum atomic E-state index is 13.9. The first-order valence-electron chi connectivity index (χ1n) is 10.8. The van der Waals surface area contributed by atoms with Crippen LogP contribution in [0.5, 0.6) is 0 Å². The number of hydrogen-bond donors (Lipinski definition) is 4. The van der Waals surface area contributed by atoms with Gasteiger partial charge in [0.05, 0.1) is 17.7 Å². The number of hydrogen-bond acceptors (Lipinski definition) is 8. The molecule has 0 aliphatic heterocycles. The first kappa shape index (κ1) is 31.1. The zero-order valence-electron chi connectivity index (χ0n) is 20.5. The molecule has 0 amide bonds. The number of rotatable bonds is 7. The van der Waals surface area contributed by atoms with Gasteiger partial charge >= 0.3 is 0 Å². The van der Waals surface area contributed by atoms with Crippen LogP contribution in [-0.4, -0.2) is 47.5 Å². The maximum Gasteiger partial charge on any atom is 0.191 e. The summed E-state index contributed by atoms with van der Waals surface area (Å²) < 4.78 is 38.0. The molecule has 1 aromatic carbocycles. The van der Waals surface area contributed by atoms with Crippen molar-refractivity contribution in [2.75, 3.05) is 25.6 Å². The lowest BCUT2D eigenvalue weighted by molar-refractivity contribution is -0.177. The van der Waals surface area contributed by atoms with Crippen LogP contribution in [0.4, 0.5) is 20.2 Å². The Labute approximate surface area is 198 Å². The molecule has 0 aliphatic carbocycles. The number of carbonyl (C=O) groups is 1. The van der Waals surface area contributed by atoms with Crippen LogP contribution in [0.3, 0.4) is 0 Å². The topological polar surface area (TPSA) is 131 Å². The van der Waals surface area contributed by atoms with Crippen molar-refractivity contribution in [3.05, 3.63) is 53.6 Å². The molecule has 0 atom stereocenters. The van der Waals surface area contributed by atoms with E-state index in [1.165, 1.54) is 31.6 Å². The van der Waals surface area contributed by atoms with E-state index >= 15 is 0 Å². The lowest BCUT2D eigenvalue weighted by Crippen LogP contribution is -2.23. The Kier molecular flexibility index (Phi) is 14.5. The van der Waals surface area contributed by atoms with Crippen molar-refractivity contribution >= 4 is 28.6 Å². The Bertz CT molecular complexity index is 981. The normalized spacial score (nSPS) is 10.2. The summed E-state index contributed by atoms with van der Waals surface area (Å²) in [6, 6.07) is 3.97. The molecule has 0 aliphatic rings. The second-order valence-corrected chi connectivity index (χ2v) is 6.93. The fourth-order valence-electron chi connectivity index (χ4n) is 2.50. The highest BCUT2D eigenvalue weighted by Gasteiger charge is 2.18. The number of aliphatic hydroxyl groups is 2. The monoisotopic (exact) mass is 483 g/mol. The number of furan rings is 1. The minimum atomic E-state index is -1.06. The van der Waals surface area contributed by atoms with Gasteiger partial charge in [-0.25, -0.2) is 8.78 Å². The quantitative estimate of drug-likeness (QED) is 0.216. The number of ether oxygens (including phenoxy) is 1. The van der Waals surface area contributed by atoms with E-state index < -0.39 is 17.4 Å². The first-order valence-corrected chi connectivity index (χ1v) is 10.8. The van der Waals surface area contributed by atoms with Gasteiger partial charge in [0, 0.05) is 19.0 Å². The molecule has 5 N–H and O–H groups in total. The van der Waals surface area contributed by atoms with Crippen LogP contribution < -0.4 is 11.1 Å². The van der Waals surface area contributed by atoms with E-state index in [-0.39, 0.29) is 23.7 Å². The standard InChI is InChI=1S/C15H10F2N2O2.C6H14O3.C2H6.CH5N/c1-8-4-10(16)15(11(17)5-8)19-14-9-6-18-3-2-12(9)21-13(14)7-20;1-6(2,8)9-5-3-4-7;2*1-2/h2-7,19H,1H3;7-8H,3-5H2,1-2H3;1-2H3;2H2,1H3. The van der Waals surface area contributed by atoms with Crippen LogP contribution in [0, 0.1) is 18.6 Å². The number of aryl methyl sites for hydroxylation is 1. The second-order valence-electron chi connectivity index (χ2n) is 6.93. The van der Waals surface area contributed by atoms with Crippen molar-refractivity contribution < 1.29 is 32.9 Å². The third-order valence-corrected chi connectivity index (χ3v) is 3.82. The molecule has 34 heavy (non-hydrogen) atoms. The molecule has 0 unspecified atom stereocenters. The minimum absolute atomic E-state index is 0.0441. The van der Waals surface area contributed by atoms with E-state index in [0.717, 1.165) is 0 Å². The largest absolute Gasteiger partial charge is 0.451 e. The Hall–Kier alpha value is -2.92. The van der Waals surface area contributed by atoms with Gasteiger partial charge in [-0.2, -0.15) is 0 Å². The second kappa shape index (κ2) is 15.8. The number of nitrogens with one attached hydrogen (secondary N) is 1. The van der Waals surface area contributed by atoms with Crippen LogP contribution in [0.25, 0.3) is 11.0 Å². The number of aromatic nitrogens is 1. The van der Waals surface area contributed by atoms with E-state index in [1.807, 2.05) is 13.8 Å². The van der Waals surface area contributed by atoms with E-state index in [4.69, 9.17) is 19.4 Å². The Balaban J connectivity index is 0.000000710. The molecule has 2 aromatic heterocycles. The Morgan fingerprint density at radius 2 is 1.79 bits per heavy atom. The van der Waals surface area contributed by atoms with E-state index in [1.54, 1.807) is 26.8 Å². The summed E-state index contributed by atoms with van der Waals surface area (Å²) in [5.74, 6) is -2.60. The van der Waals surface area contributed by atoms with Crippen LogP contribution >= 0.6 is 0 Å². The molecule has 0 bridgehead atoms. The highest BCUT2D eigenvalue weighted by Crippen LogP contribution is 2.33. The number of halogens is 2. The third-order valence-electron chi connectivity index (χ3n) is 3.82. The Morgan fingerprint density at radius 1 is 1.21 bits per heavy atom. The SMILES string of the molecule is CC.CC(C)(O)OCCCO.CN.Cc1cc(F)c(Nc2c(C=O)oc3ccncc23)c(F)c1. The number of aliphatic hydroxyl groups excluding tert-OH is 1. The van der Waals surface area contributed by atoms with Crippen LogP contribution in [0.15, 0.2) is 35.0 Å². The van der Waals surface area contributed by atoms with Gasteiger partial charge in [0.15, 0.2) is 17.8 Å². The maximum absolute atomic E-state index is 13.9. The number of nitrogens with zero attached hydrogens (tertiary/aromatic N) is 1. The van der Waals surface area contributed by atoms with E-state index in [2.05, 4.69) is 16.0 Å². The average Bonchev–Trinajstić information content (AvgIpc) is 3.16. The van der Waals surface area contributed by atoms with Gasteiger partial charge < -0.3 is 30.4 Å². The minimum Gasteiger partial charge on any atom is -0.451 e.